The van der Waals surface area contributed by atoms with Crippen LogP contribution in [0, 0.1) is 5.82 Å². The smallest absolute Gasteiger partial charge is 0.378 e. The molecule has 1 saturated heterocycles. The van der Waals surface area contributed by atoms with Crippen molar-refractivity contribution in [3.05, 3.63) is 65.9 Å². The molecule has 0 radical (unpaired) electrons. The van der Waals surface area contributed by atoms with Gasteiger partial charge in [0.2, 0.25) is 5.91 Å². The summed E-state index contributed by atoms with van der Waals surface area (Å²) in [5, 5.41) is 5.74. The molecule has 174 valence electrons. The monoisotopic (exact) mass is 464 g/mol. The molecule has 0 saturated carbocycles. The van der Waals surface area contributed by atoms with Gasteiger partial charge in [0.15, 0.2) is 11.6 Å². The Bertz CT molecular complexity index is 1160. The van der Waals surface area contributed by atoms with E-state index in [4.69, 9.17) is 4.74 Å². The Morgan fingerprint density at radius 3 is 2.85 bits per heavy atom. The highest BCUT2D eigenvalue weighted by Crippen LogP contribution is 2.27. The van der Waals surface area contributed by atoms with E-state index in [1.165, 1.54) is 29.2 Å². The number of alkyl halides is 3. The minimum atomic E-state index is -4.61. The van der Waals surface area contributed by atoms with E-state index in [1.807, 2.05) is 6.92 Å². The lowest BCUT2D eigenvalue weighted by Crippen LogP contribution is -2.49. The molecule has 3 aromatic heterocycles. The number of aromatic nitrogens is 4. The van der Waals surface area contributed by atoms with E-state index in [2.05, 4.69) is 25.6 Å². The Morgan fingerprint density at radius 2 is 2.15 bits per heavy atom. The van der Waals surface area contributed by atoms with Gasteiger partial charge >= 0.3 is 6.18 Å². The van der Waals surface area contributed by atoms with Gasteiger partial charge in [-0.05, 0) is 19.1 Å². The van der Waals surface area contributed by atoms with E-state index in [0.29, 0.717) is 25.5 Å². The first-order valence-corrected chi connectivity index (χ1v) is 10.0. The number of carbonyl (C=O) groups is 1. The number of imidazole rings is 1. The highest BCUT2D eigenvalue weighted by atomic mass is 19.4. The molecule has 12 heteroatoms. The molecule has 4 rings (SSSR count). The van der Waals surface area contributed by atoms with Crippen molar-refractivity contribution in [2.24, 2.45) is 0 Å². The molecule has 1 aliphatic rings. The molecule has 2 N–H and O–H groups in total. The van der Waals surface area contributed by atoms with Crippen LogP contribution in [0.15, 0.2) is 43.0 Å². The van der Waals surface area contributed by atoms with Gasteiger partial charge in [-0.1, -0.05) is 6.07 Å². The Morgan fingerprint density at radius 1 is 1.33 bits per heavy atom. The summed E-state index contributed by atoms with van der Waals surface area (Å²) in [6.07, 6.45) is -0.699. The predicted octanol–water partition coefficient (Wildman–Crippen LogP) is 2.84. The highest BCUT2D eigenvalue weighted by molar-refractivity contribution is 5.91. The molecule has 1 amide bonds. The van der Waals surface area contributed by atoms with Crippen LogP contribution in [0.5, 0.6) is 0 Å². The summed E-state index contributed by atoms with van der Waals surface area (Å²) in [6.45, 7) is 3.62. The third-order valence-corrected chi connectivity index (χ3v) is 5.09. The molecule has 0 aliphatic carbocycles. The third kappa shape index (κ3) is 5.17. The number of halogens is 4. The zero-order valence-electron chi connectivity index (χ0n) is 17.5. The second-order valence-electron chi connectivity index (χ2n) is 7.74. The largest absolute Gasteiger partial charge is 0.433 e. The second kappa shape index (κ2) is 8.87. The number of hydrogen-bond acceptors (Lipinski definition) is 6. The van der Waals surface area contributed by atoms with E-state index in [0.717, 1.165) is 12.1 Å². The Balaban J connectivity index is 1.44. The number of rotatable bonds is 5. The van der Waals surface area contributed by atoms with Crippen molar-refractivity contribution in [1.29, 1.82) is 0 Å². The molecular formula is C21H20F4N6O2. The Labute approximate surface area is 186 Å². The molecule has 4 heterocycles. The first-order valence-electron chi connectivity index (χ1n) is 10.0. The van der Waals surface area contributed by atoms with Crippen LogP contribution in [0.4, 0.5) is 23.2 Å². The summed E-state index contributed by atoms with van der Waals surface area (Å²) < 4.78 is 59.9. The van der Waals surface area contributed by atoms with Crippen molar-refractivity contribution in [3.63, 3.8) is 0 Å². The fourth-order valence-corrected chi connectivity index (χ4v) is 3.41. The number of pyridine rings is 2. The second-order valence-corrected chi connectivity index (χ2v) is 7.74. The third-order valence-electron chi connectivity index (χ3n) is 5.09. The van der Waals surface area contributed by atoms with E-state index < -0.39 is 35.6 Å². The molecule has 0 unspecified atom stereocenters. The molecule has 1 fully saturated rings. The van der Waals surface area contributed by atoms with Crippen LogP contribution in [0.25, 0.3) is 5.82 Å². The van der Waals surface area contributed by atoms with Crippen LogP contribution >= 0.6 is 0 Å². The molecule has 0 bridgehead atoms. The highest BCUT2D eigenvalue weighted by Gasteiger charge is 2.33. The van der Waals surface area contributed by atoms with Gasteiger partial charge in [-0.15, -0.1) is 0 Å². The van der Waals surface area contributed by atoms with E-state index >= 15 is 0 Å². The van der Waals surface area contributed by atoms with E-state index in [-0.39, 0.29) is 17.2 Å². The standard InChI is InChI=1S/C21H20F4N6O2/c1-20(11-33-6-5-28-20)17-10-31(12-27-17)19-15(22)7-14(9-26-19)30-18(32)8-13-3-2-4-16(29-13)21(23,24)25/h2-4,7,9-10,12,28H,5-6,8,11H2,1H3,(H,30,32)/t20-/m1/s1. The first kappa shape index (κ1) is 22.8. The molecule has 33 heavy (non-hydrogen) atoms. The minimum Gasteiger partial charge on any atom is -0.378 e. The lowest BCUT2D eigenvalue weighted by atomic mass is 9.99. The SMILES string of the molecule is C[C@]1(c2cn(-c3ncc(NC(=O)Cc4cccc(C(F)(F)F)n4)cc3F)cn2)COCCN1. The predicted molar refractivity (Wildman–Crippen MR) is 109 cm³/mol. The van der Waals surface area contributed by atoms with Crippen LogP contribution < -0.4 is 10.6 Å². The number of carbonyl (C=O) groups excluding carboxylic acids is 1. The summed E-state index contributed by atoms with van der Waals surface area (Å²) in [4.78, 5) is 24.0. The zero-order chi connectivity index (χ0) is 23.6. The summed E-state index contributed by atoms with van der Waals surface area (Å²) in [5.74, 6) is -1.39. The molecule has 1 aliphatic heterocycles. The van der Waals surface area contributed by atoms with Crippen LogP contribution in [0.2, 0.25) is 0 Å². The van der Waals surface area contributed by atoms with Crippen LogP contribution in [0.1, 0.15) is 24.0 Å². The minimum absolute atomic E-state index is 0.0216. The summed E-state index contributed by atoms with van der Waals surface area (Å²) >= 11 is 0. The number of nitrogens with zero attached hydrogens (tertiary/aromatic N) is 4. The van der Waals surface area contributed by atoms with Crippen molar-refractivity contribution in [2.45, 2.75) is 25.1 Å². The Kier molecular flexibility index (Phi) is 6.13. The van der Waals surface area contributed by atoms with Gasteiger partial charge in [0.25, 0.3) is 0 Å². The van der Waals surface area contributed by atoms with Gasteiger partial charge in [0, 0.05) is 18.8 Å². The molecular weight excluding hydrogens is 444 g/mol. The maximum Gasteiger partial charge on any atom is 0.433 e. The van der Waals surface area contributed by atoms with Crippen LogP contribution in [0.3, 0.4) is 0 Å². The van der Waals surface area contributed by atoms with Crippen molar-refractivity contribution in [1.82, 2.24) is 24.8 Å². The Hall–Kier alpha value is -3.38. The normalized spacial score (nSPS) is 18.8. The maximum absolute atomic E-state index is 14.7. The number of ether oxygens (including phenoxy) is 1. The summed E-state index contributed by atoms with van der Waals surface area (Å²) in [7, 11) is 0. The number of nitrogens with one attached hydrogen (secondary N) is 2. The van der Waals surface area contributed by atoms with Crippen molar-refractivity contribution < 1.29 is 27.1 Å². The quantitative estimate of drug-likeness (QED) is 0.564. The van der Waals surface area contributed by atoms with Gasteiger partial charge < -0.3 is 15.4 Å². The fourth-order valence-electron chi connectivity index (χ4n) is 3.41. The lowest BCUT2D eigenvalue weighted by molar-refractivity contribution is -0.141. The summed E-state index contributed by atoms with van der Waals surface area (Å²) in [6, 6.07) is 4.37. The van der Waals surface area contributed by atoms with Crippen molar-refractivity contribution >= 4 is 11.6 Å². The van der Waals surface area contributed by atoms with E-state index in [1.54, 1.807) is 6.20 Å². The van der Waals surface area contributed by atoms with Gasteiger partial charge in [0.1, 0.15) is 12.0 Å². The van der Waals surface area contributed by atoms with Crippen LogP contribution in [-0.4, -0.2) is 45.2 Å². The molecule has 0 spiro atoms. The van der Waals surface area contributed by atoms with Gasteiger partial charge in [-0.2, -0.15) is 13.2 Å². The summed E-state index contributed by atoms with van der Waals surface area (Å²) in [5.41, 5.74) is -0.941. The number of anilines is 1. The van der Waals surface area contributed by atoms with Crippen molar-refractivity contribution in [2.75, 3.05) is 25.1 Å². The lowest BCUT2D eigenvalue weighted by Gasteiger charge is -2.33. The number of amides is 1. The van der Waals surface area contributed by atoms with Gasteiger partial charge in [-0.25, -0.2) is 19.3 Å². The van der Waals surface area contributed by atoms with Crippen LogP contribution in [-0.2, 0) is 27.7 Å². The average Bonchev–Trinajstić information content (AvgIpc) is 3.25. The molecule has 3 aromatic rings. The maximum atomic E-state index is 14.7. The van der Waals surface area contributed by atoms with Crippen molar-refractivity contribution in [3.8, 4) is 5.82 Å². The zero-order valence-corrected chi connectivity index (χ0v) is 17.5. The molecule has 0 aromatic carbocycles. The topological polar surface area (TPSA) is 94.0 Å². The molecule has 1 atom stereocenters. The first-order chi connectivity index (χ1) is 15.6. The average molecular weight is 464 g/mol. The van der Waals surface area contributed by atoms with E-state index in [9.17, 15) is 22.4 Å². The molecule has 8 nitrogen and oxygen atoms in total. The fraction of sp³-hybridized carbons (Fsp3) is 0.333. The number of hydrogen-bond donors (Lipinski definition) is 2. The number of morpholine rings is 1. The van der Waals surface area contributed by atoms with Gasteiger partial charge in [0.05, 0.1) is 48.4 Å². The van der Waals surface area contributed by atoms with Gasteiger partial charge in [-0.3, -0.25) is 9.36 Å².